The molecule has 4 nitrogen and oxygen atoms in total. The summed E-state index contributed by atoms with van der Waals surface area (Å²) >= 11 is 0. The molecule has 1 aromatic heterocycles. The minimum atomic E-state index is 0.148. The topological polar surface area (TPSA) is 31.5 Å². The number of rotatable bonds is 4. The Kier molecular flexibility index (Phi) is 3.92. The number of ether oxygens (including phenoxy) is 1. The smallest absolute Gasteiger partial charge is 0.0935 e. The minimum absolute atomic E-state index is 0.148. The first kappa shape index (κ1) is 15.2. The molecule has 1 aromatic carbocycles. The molecule has 1 atom stereocenters. The number of benzene rings is 1. The van der Waals surface area contributed by atoms with Gasteiger partial charge in [-0.25, -0.2) is 0 Å². The van der Waals surface area contributed by atoms with Gasteiger partial charge in [-0.1, -0.05) is 12.1 Å². The predicted molar refractivity (Wildman–Crippen MR) is 93.5 cm³/mol. The maximum absolute atomic E-state index is 6.28. The van der Waals surface area contributed by atoms with E-state index in [0.717, 1.165) is 32.8 Å². The standard InChI is InChI=1S/C19H27N3O/c1-21(2)10-15-6-8-19(23-12-15)13-22(14-19)11-16-4-3-5-18-17(16)7-9-20-18/h3-5,7,9,15,20H,6,8,10-14H2,1-2H3/t15-/m1/s1. The summed E-state index contributed by atoms with van der Waals surface area (Å²) < 4.78 is 6.28. The van der Waals surface area contributed by atoms with Gasteiger partial charge < -0.3 is 14.6 Å². The second-order valence-electron chi connectivity index (χ2n) is 7.66. The van der Waals surface area contributed by atoms with E-state index in [0.29, 0.717) is 5.92 Å². The molecule has 0 bridgehead atoms. The Bertz CT molecular complexity index is 662. The van der Waals surface area contributed by atoms with Crippen molar-refractivity contribution in [1.82, 2.24) is 14.8 Å². The molecule has 0 unspecified atom stereocenters. The molecular formula is C19H27N3O. The molecule has 2 aliphatic rings. The van der Waals surface area contributed by atoms with Crippen LogP contribution in [0.1, 0.15) is 18.4 Å². The van der Waals surface area contributed by atoms with Gasteiger partial charge in [0, 0.05) is 43.3 Å². The Labute approximate surface area is 138 Å². The lowest BCUT2D eigenvalue weighted by atomic mass is 9.82. The first-order valence-corrected chi connectivity index (χ1v) is 8.70. The highest BCUT2D eigenvalue weighted by atomic mass is 16.5. The van der Waals surface area contributed by atoms with Crippen LogP contribution in [0.2, 0.25) is 0 Å². The van der Waals surface area contributed by atoms with Crippen molar-refractivity contribution in [3.63, 3.8) is 0 Å². The van der Waals surface area contributed by atoms with E-state index in [1.165, 1.54) is 29.3 Å². The van der Waals surface area contributed by atoms with Gasteiger partial charge in [-0.05, 0) is 50.6 Å². The summed E-state index contributed by atoms with van der Waals surface area (Å²) in [4.78, 5) is 8.10. The number of H-pyrrole nitrogens is 1. The van der Waals surface area contributed by atoms with Crippen LogP contribution in [0, 0.1) is 5.92 Å². The number of fused-ring (bicyclic) bond motifs is 1. The third kappa shape index (κ3) is 3.03. The highest BCUT2D eigenvalue weighted by Crippen LogP contribution is 2.37. The van der Waals surface area contributed by atoms with Crippen LogP contribution < -0.4 is 0 Å². The van der Waals surface area contributed by atoms with Gasteiger partial charge in [0.05, 0.1) is 12.2 Å². The van der Waals surface area contributed by atoms with Gasteiger partial charge in [-0.3, -0.25) is 4.90 Å². The lowest BCUT2D eigenvalue weighted by molar-refractivity contribution is -0.182. The van der Waals surface area contributed by atoms with Gasteiger partial charge in [0.2, 0.25) is 0 Å². The van der Waals surface area contributed by atoms with Crippen LogP contribution in [-0.4, -0.2) is 60.7 Å². The summed E-state index contributed by atoms with van der Waals surface area (Å²) in [6, 6.07) is 8.72. The van der Waals surface area contributed by atoms with E-state index in [9.17, 15) is 0 Å². The van der Waals surface area contributed by atoms with Crippen molar-refractivity contribution in [2.75, 3.05) is 40.3 Å². The third-order valence-electron chi connectivity index (χ3n) is 5.36. The Morgan fingerprint density at radius 1 is 1.30 bits per heavy atom. The number of nitrogens with one attached hydrogen (secondary N) is 1. The first-order chi connectivity index (χ1) is 11.1. The molecule has 1 spiro atoms. The molecule has 2 aliphatic heterocycles. The van der Waals surface area contributed by atoms with Gasteiger partial charge in [0.1, 0.15) is 0 Å². The van der Waals surface area contributed by atoms with E-state index in [1.807, 2.05) is 6.20 Å². The number of hydrogen-bond donors (Lipinski definition) is 1. The number of likely N-dealkylation sites (tertiary alicyclic amines) is 1. The zero-order valence-electron chi connectivity index (χ0n) is 14.2. The highest BCUT2D eigenvalue weighted by Gasteiger charge is 2.46. The van der Waals surface area contributed by atoms with Crippen LogP contribution in [0.5, 0.6) is 0 Å². The number of hydrogen-bond acceptors (Lipinski definition) is 3. The Morgan fingerprint density at radius 3 is 2.91 bits per heavy atom. The second-order valence-corrected chi connectivity index (χ2v) is 7.66. The molecule has 2 saturated heterocycles. The molecular weight excluding hydrogens is 286 g/mol. The van der Waals surface area contributed by atoms with E-state index >= 15 is 0 Å². The fraction of sp³-hybridized carbons (Fsp3) is 0.579. The second kappa shape index (κ2) is 5.93. The van der Waals surface area contributed by atoms with Crippen molar-refractivity contribution in [2.45, 2.75) is 25.0 Å². The number of nitrogens with zero attached hydrogens (tertiary/aromatic N) is 2. The summed E-state index contributed by atoms with van der Waals surface area (Å²) in [6.07, 6.45) is 4.55. The molecule has 3 heterocycles. The molecule has 0 amide bonds. The van der Waals surface area contributed by atoms with Gasteiger partial charge in [-0.2, -0.15) is 0 Å². The summed E-state index contributed by atoms with van der Waals surface area (Å²) in [5, 5.41) is 1.35. The molecule has 124 valence electrons. The van der Waals surface area contributed by atoms with Gasteiger partial charge in [0.15, 0.2) is 0 Å². The molecule has 1 N–H and O–H groups in total. The van der Waals surface area contributed by atoms with Crippen LogP contribution >= 0.6 is 0 Å². The van der Waals surface area contributed by atoms with E-state index in [1.54, 1.807) is 0 Å². The molecule has 2 aromatic rings. The monoisotopic (exact) mass is 313 g/mol. The Hall–Kier alpha value is -1.36. The van der Waals surface area contributed by atoms with Crippen LogP contribution in [0.3, 0.4) is 0 Å². The summed E-state index contributed by atoms with van der Waals surface area (Å²) in [6.45, 7) is 5.28. The summed E-state index contributed by atoms with van der Waals surface area (Å²) in [5.41, 5.74) is 2.80. The van der Waals surface area contributed by atoms with Crippen molar-refractivity contribution in [1.29, 1.82) is 0 Å². The van der Waals surface area contributed by atoms with E-state index < -0.39 is 0 Å². The lowest BCUT2D eigenvalue weighted by Gasteiger charge is -2.53. The SMILES string of the molecule is CN(C)C[C@H]1CCC2(CN(Cc3cccc4[nH]ccc34)C2)OC1. The molecule has 0 aliphatic carbocycles. The van der Waals surface area contributed by atoms with Crippen LogP contribution in [0.4, 0.5) is 0 Å². The van der Waals surface area contributed by atoms with E-state index in [4.69, 9.17) is 4.74 Å². The van der Waals surface area contributed by atoms with Gasteiger partial charge in [0.25, 0.3) is 0 Å². The highest BCUT2D eigenvalue weighted by molar-refractivity contribution is 5.82. The lowest BCUT2D eigenvalue weighted by Crippen LogP contribution is -2.64. The van der Waals surface area contributed by atoms with Crippen LogP contribution in [0.15, 0.2) is 30.5 Å². The van der Waals surface area contributed by atoms with Crippen molar-refractivity contribution >= 4 is 10.9 Å². The van der Waals surface area contributed by atoms with E-state index in [2.05, 4.69) is 53.1 Å². The minimum Gasteiger partial charge on any atom is -0.372 e. The largest absolute Gasteiger partial charge is 0.372 e. The summed E-state index contributed by atoms with van der Waals surface area (Å²) in [7, 11) is 4.30. The van der Waals surface area contributed by atoms with Crippen LogP contribution in [-0.2, 0) is 11.3 Å². The predicted octanol–water partition coefficient (Wildman–Crippen LogP) is 2.71. The van der Waals surface area contributed by atoms with Gasteiger partial charge in [-0.15, -0.1) is 0 Å². The maximum atomic E-state index is 6.28. The molecule has 4 rings (SSSR count). The molecule has 4 heteroatoms. The zero-order chi connectivity index (χ0) is 15.9. The van der Waals surface area contributed by atoms with Crippen molar-refractivity contribution in [3.05, 3.63) is 36.0 Å². The van der Waals surface area contributed by atoms with Crippen molar-refractivity contribution < 1.29 is 4.74 Å². The molecule has 0 saturated carbocycles. The third-order valence-corrected chi connectivity index (χ3v) is 5.36. The quantitative estimate of drug-likeness (QED) is 0.942. The number of aromatic nitrogens is 1. The average Bonchev–Trinajstić information content (AvgIpc) is 2.96. The maximum Gasteiger partial charge on any atom is 0.0935 e. The van der Waals surface area contributed by atoms with E-state index in [-0.39, 0.29) is 5.60 Å². The van der Waals surface area contributed by atoms with Crippen molar-refractivity contribution in [3.8, 4) is 0 Å². The normalized spacial score (nSPS) is 24.4. The fourth-order valence-electron chi connectivity index (χ4n) is 4.24. The Balaban J connectivity index is 1.33. The first-order valence-electron chi connectivity index (χ1n) is 8.70. The summed E-state index contributed by atoms with van der Waals surface area (Å²) in [5.74, 6) is 0.707. The Morgan fingerprint density at radius 2 is 2.17 bits per heavy atom. The molecule has 23 heavy (non-hydrogen) atoms. The van der Waals surface area contributed by atoms with Crippen LogP contribution in [0.25, 0.3) is 10.9 Å². The van der Waals surface area contributed by atoms with Crippen molar-refractivity contribution in [2.24, 2.45) is 5.92 Å². The molecule has 2 fully saturated rings. The fourth-order valence-corrected chi connectivity index (χ4v) is 4.24. The average molecular weight is 313 g/mol. The number of aromatic amines is 1. The molecule has 0 radical (unpaired) electrons. The van der Waals surface area contributed by atoms with Gasteiger partial charge >= 0.3 is 0 Å². The zero-order valence-corrected chi connectivity index (χ0v) is 14.2.